The summed E-state index contributed by atoms with van der Waals surface area (Å²) in [5, 5.41) is 2.80. The number of carbonyl (C=O) groups excluding carboxylic acids is 2. The van der Waals surface area contributed by atoms with Crippen LogP contribution in [0.25, 0.3) is 0 Å². The summed E-state index contributed by atoms with van der Waals surface area (Å²) in [7, 11) is 1.32. The minimum Gasteiger partial charge on any atom is -0.465 e. The standard InChI is InChI=1S/C23H21N3O3/c1-15-12-16-6-3-4-9-21(16)26(15)19-10-11-24-20(14-19)22(27)25-18-8-5-7-17(13-18)23(28)29-2/h3-11,13-15H,12H2,1-2H3,(H,25,27). The van der Waals surface area contributed by atoms with E-state index in [2.05, 4.69) is 34.3 Å². The van der Waals surface area contributed by atoms with E-state index in [9.17, 15) is 9.59 Å². The predicted octanol–water partition coefficient (Wildman–Crippen LogP) is 4.20. The van der Waals surface area contributed by atoms with Crippen molar-refractivity contribution in [3.8, 4) is 0 Å². The van der Waals surface area contributed by atoms with E-state index in [1.165, 1.54) is 12.7 Å². The molecule has 29 heavy (non-hydrogen) atoms. The van der Waals surface area contributed by atoms with E-state index in [1.807, 2.05) is 18.2 Å². The molecule has 1 unspecified atom stereocenters. The molecule has 6 heteroatoms. The summed E-state index contributed by atoms with van der Waals surface area (Å²) < 4.78 is 4.72. The van der Waals surface area contributed by atoms with Crippen molar-refractivity contribution >= 4 is 28.9 Å². The van der Waals surface area contributed by atoms with Gasteiger partial charge in [-0.1, -0.05) is 24.3 Å². The molecule has 1 aromatic heterocycles. The van der Waals surface area contributed by atoms with E-state index in [-0.39, 0.29) is 5.91 Å². The van der Waals surface area contributed by atoms with Crippen LogP contribution in [0.15, 0.2) is 66.9 Å². The van der Waals surface area contributed by atoms with Gasteiger partial charge in [0.15, 0.2) is 0 Å². The predicted molar refractivity (Wildman–Crippen MR) is 112 cm³/mol. The molecule has 0 bridgehead atoms. The Balaban J connectivity index is 1.58. The number of para-hydroxylation sites is 1. The zero-order chi connectivity index (χ0) is 20.4. The van der Waals surface area contributed by atoms with E-state index in [4.69, 9.17) is 4.74 Å². The molecule has 6 nitrogen and oxygen atoms in total. The van der Waals surface area contributed by atoms with Gasteiger partial charge in [-0.2, -0.15) is 0 Å². The Labute approximate surface area is 169 Å². The molecule has 0 spiro atoms. The van der Waals surface area contributed by atoms with Crippen LogP contribution in [0, 0.1) is 0 Å². The van der Waals surface area contributed by atoms with Gasteiger partial charge < -0.3 is 15.0 Å². The lowest BCUT2D eigenvalue weighted by Crippen LogP contribution is -2.24. The fraction of sp³-hybridized carbons (Fsp3) is 0.174. The highest BCUT2D eigenvalue weighted by Gasteiger charge is 2.27. The van der Waals surface area contributed by atoms with Crippen LogP contribution in [0.5, 0.6) is 0 Å². The van der Waals surface area contributed by atoms with E-state index in [0.717, 1.165) is 17.8 Å². The molecular weight excluding hydrogens is 366 g/mol. The number of methoxy groups -OCH3 is 1. The van der Waals surface area contributed by atoms with Crippen molar-refractivity contribution in [2.45, 2.75) is 19.4 Å². The van der Waals surface area contributed by atoms with E-state index < -0.39 is 5.97 Å². The molecule has 0 saturated heterocycles. The van der Waals surface area contributed by atoms with Gasteiger partial charge in [0.25, 0.3) is 5.91 Å². The third-order valence-corrected chi connectivity index (χ3v) is 5.00. The molecule has 2 heterocycles. The van der Waals surface area contributed by atoms with Crippen molar-refractivity contribution in [3.63, 3.8) is 0 Å². The minimum absolute atomic E-state index is 0.294. The summed E-state index contributed by atoms with van der Waals surface area (Å²) >= 11 is 0. The highest BCUT2D eigenvalue weighted by Crippen LogP contribution is 2.38. The first-order valence-electron chi connectivity index (χ1n) is 9.40. The first-order chi connectivity index (χ1) is 14.1. The van der Waals surface area contributed by atoms with Gasteiger partial charge in [0.2, 0.25) is 0 Å². The monoisotopic (exact) mass is 387 g/mol. The van der Waals surface area contributed by atoms with Crippen molar-refractivity contribution in [2.24, 2.45) is 0 Å². The summed E-state index contributed by atoms with van der Waals surface area (Å²) in [6, 6.07) is 18.9. The highest BCUT2D eigenvalue weighted by atomic mass is 16.5. The van der Waals surface area contributed by atoms with Crippen molar-refractivity contribution in [2.75, 3.05) is 17.3 Å². The van der Waals surface area contributed by atoms with Gasteiger partial charge in [-0.15, -0.1) is 0 Å². The number of hydrogen-bond donors (Lipinski definition) is 1. The molecule has 0 radical (unpaired) electrons. The summed E-state index contributed by atoms with van der Waals surface area (Å²) in [6.45, 7) is 2.17. The Bertz CT molecular complexity index is 1080. The molecule has 4 rings (SSSR count). The molecule has 1 amide bonds. The maximum absolute atomic E-state index is 12.8. The number of aromatic nitrogens is 1. The van der Waals surface area contributed by atoms with Gasteiger partial charge in [-0.3, -0.25) is 9.78 Å². The molecule has 1 aliphatic rings. The van der Waals surface area contributed by atoms with Gasteiger partial charge in [-0.05, 0) is 55.3 Å². The molecule has 0 aliphatic carbocycles. The molecular formula is C23H21N3O3. The Hall–Kier alpha value is -3.67. The number of amides is 1. The van der Waals surface area contributed by atoms with Gasteiger partial charge in [0.1, 0.15) is 5.69 Å². The average molecular weight is 387 g/mol. The molecule has 3 aromatic rings. The van der Waals surface area contributed by atoms with Crippen LogP contribution in [0.3, 0.4) is 0 Å². The van der Waals surface area contributed by atoms with E-state index in [0.29, 0.717) is 23.0 Å². The van der Waals surface area contributed by atoms with Crippen LogP contribution in [-0.4, -0.2) is 30.0 Å². The number of ether oxygens (including phenoxy) is 1. The Kier molecular flexibility index (Phi) is 4.99. The second kappa shape index (κ2) is 7.75. The lowest BCUT2D eigenvalue weighted by atomic mass is 10.1. The van der Waals surface area contributed by atoms with Gasteiger partial charge in [0, 0.05) is 29.3 Å². The third-order valence-electron chi connectivity index (χ3n) is 5.00. The van der Waals surface area contributed by atoms with Crippen LogP contribution in [0.2, 0.25) is 0 Å². The van der Waals surface area contributed by atoms with Crippen LogP contribution in [0.1, 0.15) is 33.3 Å². The topological polar surface area (TPSA) is 71.5 Å². The SMILES string of the molecule is COC(=O)c1cccc(NC(=O)c2cc(N3c4ccccc4CC3C)ccn2)c1. The number of nitrogens with one attached hydrogen (secondary N) is 1. The first kappa shape index (κ1) is 18.7. The number of rotatable bonds is 4. The van der Waals surface area contributed by atoms with Crippen molar-refractivity contribution in [1.29, 1.82) is 0 Å². The van der Waals surface area contributed by atoms with Crippen LogP contribution in [0.4, 0.5) is 17.1 Å². The smallest absolute Gasteiger partial charge is 0.337 e. The first-order valence-corrected chi connectivity index (χ1v) is 9.40. The Morgan fingerprint density at radius 1 is 1.10 bits per heavy atom. The molecule has 1 atom stereocenters. The number of pyridine rings is 1. The molecule has 0 fully saturated rings. The molecule has 0 saturated carbocycles. The number of anilines is 3. The van der Waals surface area contributed by atoms with Crippen molar-refractivity contribution in [3.05, 3.63) is 83.7 Å². The quantitative estimate of drug-likeness (QED) is 0.679. The lowest BCUT2D eigenvalue weighted by Gasteiger charge is -2.25. The van der Waals surface area contributed by atoms with Crippen LogP contribution in [-0.2, 0) is 11.2 Å². The maximum Gasteiger partial charge on any atom is 0.337 e. The number of benzene rings is 2. The second-order valence-corrected chi connectivity index (χ2v) is 6.98. The number of fused-ring (bicyclic) bond motifs is 1. The number of esters is 1. The largest absolute Gasteiger partial charge is 0.465 e. The Morgan fingerprint density at radius 2 is 1.93 bits per heavy atom. The number of nitrogens with zero attached hydrogens (tertiary/aromatic N) is 2. The summed E-state index contributed by atoms with van der Waals surface area (Å²) in [5.41, 5.74) is 4.55. The zero-order valence-electron chi connectivity index (χ0n) is 16.3. The van der Waals surface area contributed by atoms with Crippen LogP contribution >= 0.6 is 0 Å². The van der Waals surface area contributed by atoms with Crippen LogP contribution < -0.4 is 10.2 Å². The molecule has 2 aromatic carbocycles. The van der Waals surface area contributed by atoms with Gasteiger partial charge >= 0.3 is 5.97 Å². The highest BCUT2D eigenvalue weighted by molar-refractivity contribution is 6.04. The fourth-order valence-electron chi connectivity index (χ4n) is 3.69. The zero-order valence-corrected chi connectivity index (χ0v) is 16.3. The average Bonchev–Trinajstić information content (AvgIpc) is 3.09. The number of carbonyl (C=O) groups is 2. The molecule has 146 valence electrons. The lowest BCUT2D eigenvalue weighted by molar-refractivity contribution is 0.0600. The fourth-order valence-corrected chi connectivity index (χ4v) is 3.69. The van der Waals surface area contributed by atoms with Crippen molar-refractivity contribution in [1.82, 2.24) is 4.98 Å². The summed E-state index contributed by atoms with van der Waals surface area (Å²) in [4.78, 5) is 30.9. The normalized spacial score (nSPS) is 15.0. The van der Waals surface area contributed by atoms with E-state index >= 15 is 0 Å². The van der Waals surface area contributed by atoms with Gasteiger partial charge in [-0.25, -0.2) is 4.79 Å². The number of hydrogen-bond acceptors (Lipinski definition) is 5. The molecule has 1 N–H and O–H groups in total. The second-order valence-electron chi connectivity index (χ2n) is 6.98. The summed E-state index contributed by atoms with van der Waals surface area (Å²) in [6.07, 6.45) is 2.60. The Morgan fingerprint density at radius 3 is 2.76 bits per heavy atom. The van der Waals surface area contributed by atoms with Crippen molar-refractivity contribution < 1.29 is 14.3 Å². The minimum atomic E-state index is -0.456. The summed E-state index contributed by atoms with van der Waals surface area (Å²) in [5.74, 6) is -0.795. The van der Waals surface area contributed by atoms with E-state index in [1.54, 1.807) is 36.5 Å². The van der Waals surface area contributed by atoms with Gasteiger partial charge in [0.05, 0.1) is 12.7 Å². The third kappa shape index (κ3) is 3.69. The molecule has 1 aliphatic heterocycles. The maximum atomic E-state index is 12.8.